The fourth-order valence-corrected chi connectivity index (χ4v) is 3.85. The van der Waals surface area contributed by atoms with Gasteiger partial charge in [-0.2, -0.15) is 0 Å². The summed E-state index contributed by atoms with van der Waals surface area (Å²) in [5.74, 6) is -0.336. The predicted molar refractivity (Wildman–Crippen MR) is 84.8 cm³/mol. The second kappa shape index (κ2) is 6.17. The van der Waals surface area contributed by atoms with Crippen LogP contribution in [0.15, 0.2) is 40.6 Å². The monoisotopic (exact) mass is 343 g/mol. The molecule has 7 heteroatoms. The second-order valence-corrected chi connectivity index (χ2v) is 8.00. The maximum Gasteiger partial charge on any atom is 0.251 e. The van der Waals surface area contributed by atoms with Gasteiger partial charge < -0.3 is 5.32 Å². The number of benzene rings is 1. The highest BCUT2D eigenvalue weighted by molar-refractivity contribution is 7.90. The maximum absolute atomic E-state index is 12.2. The van der Waals surface area contributed by atoms with Crippen LogP contribution in [0.5, 0.6) is 0 Å². The van der Waals surface area contributed by atoms with Gasteiger partial charge in [0.25, 0.3) is 5.91 Å². The zero-order chi connectivity index (χ0) is 15.6. The zero-order valence-corrected chi connectivity index (χ0v) is 13.8. The molecule has 0 radical (unpaired) electrons. The molecule has 0 saturated carbocycles. The predicted octanol–water partition coefficient (Wildman–Crippen LogP) is 3.30. The van der Waals surface area contributed by atoms with Crippen LogP contribution in [-0.2, 0) is 9.84 Å². The van der Waals surface area contributed by atoms with Gasteiger partial charge >= 0.3 is 0 Å². The Morgan fingerprint density at radius 3 is 2.62 bits per heavy atom. The highest BCUT2D eigenvalue weighted by Crippen LogP contribution is 2.23. The molecule has 0 spiro atoms. The summed E-state index contributed by atoms with van der Waals surface area (Å²) in [6, 6.07) is 7.92. The first-order valence-corrected chi connectivity index (χ1v) is 9.28. The number of halogens is 1. The molecule has 0 aliphatic carbocycles. The first-order chi connectivity index (χ1) is 9.79. The summed E-state index contributed by atoms with van der Waals surface area (Å²) in [6.07, 6.45) is 1.06. The first kappa shape index (κ1) is 16.0. The smallest absolute Gasteiger partial charge is 0.251 e. The lowest BCUT2D eigenvalue weighted by Crippen LogP contribution is -2.26. The number of sulfone groups is 1. The molecule has 1 aromatic carbocycles. The van der Waals surface area contributed by atoms with E-state index in [0.717, 1.165) is 11.1 Å². The molecule has 1 amide bonds. The summed E-state index contributed by atoms with van der Waals surface area (Å²) in [4.78, 5) is 13.2. The molecular weight excluding hydrogens is 330 g/mol. The molecule has 1 heterocycles. The molecule has 112 valence electrons. The number of rotatable bonds is 4. The average molecular weight is 344 g/mol. The Labute approximate surface area is 132 Å². The lowest BCUT2D eigenvalue weighted by atomic mass is 10.2. The van der Waals surface area contributed by atoms with E-state index >= 15 is 0 Å². The summed E-state index contributed by atoms with van der Waals surface area (Å²) in [5.41, 5.74) is 0.267. The molecule has 21 heavy (non-hydrogen) atoms. The summed E-state index contributed by atoms with van der Waals surface area (Å²) < 4.78 is 23.2. The molecule has 1 atom stereocenters. The standard InChI is InChI=1S/C14H14ClNO3S2/c1-9(12-4-3-7-20-12)16-14(17)10-5-6-11(15)13(8-10)21(2,18)19/h3-9H,1-2H3,(H,16,17)/t9-/m0/s1. The van der Waals surface area contributed by atoms with Crippen molar-refractivity contribution in [2.75, 3.05) is 6.26 Å². The Morgan fingerprint density at radius 2 is 2.05 bits per heavy atom. The molecule has 0 fully saturated rings. The van der Waals surface area contributed by atoms with Gasteiger partial charge in [0.2, 0.25) is 0 Å². The van der Waals surface area contributed by atoms with Crippen LogP contribution >= 0.6 is 22.9 Å². The van der Waals surface area contributed by atoms with Gasteiger partial charge in [0.05, 0.1) is 16.0 Å². The highest BCUT2D eigenvalue weighted by atomic mass is 35.5. The number of thiophene rings is 1. The van der Waals surface area contributed by atoms with Crippen molar-refractivity contribution >= 4 is 38.7 Å². The van der Waals surface area contributed by atoms with E-state index in [0.29, 0.717) is 0 Å². The second-order valence-electron chi connectivity index (χ2n) is 4.63. The van der Waals surface area contributed by atoms with Gasteiger partial charge in [-0.05, 0) is 36.6 Å². The van der Waals surface area contributed by atoms with Gasteiger partial charge in [-0.25, -0.2) is 8.42 Å². The molecule has 0 aliphatic heterocycles. The minimum Gasteiger partial charge on any atom is -0.345 e. The van der Waals surface area contributed by atoms with Gasteiger partial charge in [0.1, 0.15) is 0 Å². The lowest BCUT2D eigenvalue weighted by molar-refractivity contribution is 0.0940. The molecule has 2 rings (SSSR count). The Balaban J connectivity index is 2.24. The van der Waals surface area contributed by atoms with Crippen LogP contribution in [0.2, 0.25) is 5.02 Å². The van der Waals surface area contributed by atoms with E-state index in [1.165, 1.54) is 18.2 Å². The Bertz CT molecular complexity index is 755. The summed E-state index contributed by atoms with van der Waals surface area (Å²) >= 11 is 7.41. The number of amides is 1. The molecule has 0 bridgehead atoms. The molecular formula is C14H14ClNO3S2. The van der Waals surface area contributed by atoms with Gasteiger partial charge in [-0.3, -0.25) is 4.79 Å². The van der Waals surface area contributed by atoms with E-state index in [1.807, 2.05) is 24.4 Å². The molecule has 4 nitrogen and oxygen atoms in total. The molecule has 1 aromatic heterocycles. The Hall–Kier alpha value is -1.37. The minimum absolute atomic E-state index is 0.0411. The van der Waals surface area contributed by atoms with Gasteiger partial charge in [-0.1, -0.05) is 17.7 Å². The normalized spacial score (nSPS) is 12.9. The van der Waals surface area contributed by atoms with Crippen LogP contribution in [0, 0.1) is 0 Å². The van der Waals surface area contributed by atoms with Crippen molar-refractivity contribution in [1.29, 1.82) is 0 Å². The van der Waals surface area contributed by atoms with E-state index in [-0.39, 0.29) is 27.4 Å². The van der Waals surface area contributed by atoms with E-state index in [9.17, 15) is 13.2 Å². The van der Waals surface area contributed by atoms with Crippen LogP contribution < -0.4 is 5.32 Å². The largest absolute Gasteiger partial charge is 0.345 e. The number of carbonyl (C=O) groups is 1. The molecule has 0 unspecified atom stereocenters. The van der Waals surface area contributed by atoms with E-state index in [4.69, 9.17) is 11.6 Å². The quantitative estimate of drug-likeness (QED) is 0.926. The molecule has 0 saturated heterocycles. The van der Waals surface area contributed by atoms with Crippen LogP contribution in [0.4, 0.5) is 0 Å². The third kappa shape index (κ3) is 3.84. The Morgan fingerprint density at radius 1 is 1.33 bits per heavy atom. The molecule has 0 aliphatic rings. The highest BCUT2D eigenvalue weighted by Gasteiger charge is 2.17. The van der Waals surface area contributed by atoms with E-state index < -0.39 is 9.84 Å². The van der Waals surface area contributed by atoms with Crippen molar-refractivity contribution in [3.63, 3.8) is 0 Å². The molecule has 2 aromatic rings. The van der Waals surface area contributed by atoms with Crippen LogP contribution in [0.1, 0.15) is 28.2 Å². The van der Waals surface area contributed by atoms with Crippen molar-refractivity contribution in [3.8, 4) is 0 Å². The van der Waals surface area contributed by atoms with Crippen molar-refractivity contribution < 1.29 is 13.2 Å². The van der Waals surface area contributed by atoms with Crippen LogP contribution in [0.25, 0.3) is 0 Å². The topological polar surface area (TPSA) is 63.2 Å². The number of hydrogen-bond acceptors (Lipinski definition) is 4. The third-order valence-electron chi connectivity index (χ3n) is 2.91. The van der Waals surface area contributed by atoms with Crippen molar-refractivity contribution in [2.24, 2.45) is 0 Å². The summed E-state index contributed by atoms with van der Waals surface area (Å²) in [5, 5.41) is 4.87. The Kier molecular flexibility index (Phi) is 4.70. The number of carbonyl (C=O) groups excluding carboxylic acids is 1. The van der Waals surface area contributed by atoms with E-state index in [2.05, 4.69) is 5.32 Å². The summed E-state index contributed by atoms with van der Waals surface area (Å²) in [6.45, 7) is 1.87. The summed E-state index contributed by atoms with van der Waals surface area (Å²) in [7, 11) is -3.47. The van der Waals surface area contributed by atoms with Crippen LogP contribution in [0.3, 0.4) is 0 Å². The third-order valence-corrected chi connectivity index (χ3v) is 5.54. The van der Waals surface area contributed by atoms with Crippen molar-refractivity contribution in [2.45, 2.75) is 17.9 Å². The van der Waals surface area contributed by atoms with Crippen LogP contribution in [-0.4, -0.2) is 20.6 Å². The lowest BCUT2D eigenvalue weighted by Gasteiger charge is -2.13. The minimum atomic E-state index is -3.47. The van der Waals surface area contributed by atoms with Crippen molar-refractivity contribution in [3.05, 3.63) is 51.2 Å². The fraction of sp³-hybridized carbons (Fsp3) is 0.214. The molecule has 1 N–H and O–H groups in total. The SMILES string of the molecule is C[C@H](NC(=O)c1ccc(Cl)c(S(C)(=O)=O)c1)c1cccs1. The first-order valence-electron chi connectivity index (χ1n) is 6.13. The fourth-order valence-electron chi connectivity index (χ4n) is 1.82. The van der Waals surface area contributed by atoms with Crippen molar-refractivity contribution in [1.82, 2.24) is 5.32 Å². The van der Waals surface area contributed by atoms with Gasteiger partial charge in [0.15, 0.2) is 9.84 Å². The van der Waals surface area contributed by atoms with E-state index in [1.54, 1.807) is 11.3 Å². The number of nitrogens with one attached hydrogen (secondary N) is 1. The van der Waals surface area contributed by atoms with Gasteiger partial charge in [-0.15, -0.1) is 11.3 Å². The number of hydrogen-bond donors (Lipinski definition) is 1. The average Bonchev–Trinajstić information content (AvgIpc) is 2.91. The maximum atomic E-state index is 12.2. The zero-order valence-electron chi connectivity index (χ0n) is 11.5. The van der Waals surface area contributed by atoms with Gasteiger partial charge in [0, 0.05) is 16.7 Å².